The second-order valence-corrected chi connectivity index (χ2v) is 2.50. The van der Waals surface area contributed by atoms with Crippen LogP contribution in [0.2, 0.25) is 0 Å². The van der Waals surface area contributed by atoms with Crippen molar-refractivity contribution < 1.29 is 5.11 Å². The van der Waals surface area contributed by atoms with E-state index in [4.69, 9.17) is 11.0 Å². The van der Waals surface area contributed by atoms with Crippen molar-refractivity contribution >= 4 is 5.69 Å². The summed E-state index contributed by atoms with van der Waals surface area (Å²) in [6.07, 6.45) is 0.886. The van der Waals surface area contributed by atoms with Crippen molar-refractivity contribution in [1.82, 2.24) is 0 Å². The van der Waals surface area contributed by atoms with E-state index in [2.05, 4.69) is 0 Å². The first kappa shape index (κ1) is 8.41. The third-order valence-corrected chi connectivity index (χ3v) is 1.67. The minimum Gasteiger partial charge on any atom is -0.508 e. The summed E-state index contributed by atoms with van der Waals surface area (Å²) in [6, 6.07) is 6.97. The van der Waals surface area contributed by atoms with Gasteiger partial charge in [-0.1, -0.05) is 6.07 Å². The molecule has 1 aromatic rings. The Morgan fingerprint density at radius 3 is 2.83 bits per heavy atom. The standard InChI is InChI=1S/C9H10N2O/c10-6-2-3-7-8(11)4-1-5-9(7)12/h1,4-5,12H,2-3,11H2. The van der Waals surface area contributed by atoms with Crippen molar-refractivity contribution in [2.45, 2.75) is 12.8 Å². The molecule has 0 saturated carbocycles. The van der Waals surface area contributed by atoms with Gasteiger partial charge in [0, 0.05) is 17.7 Å². The summed E-state index contributed by atoms with van der Waals surface area (Å²) in [6.45, 7) is 0. The van der Waals surface area contributed by atoms with E-state index in [1.165, 1.54) is 0 Å². The van der Waals surface area contributed by atoms with Crippen LogP contribution in [0.1, 0.15) is 12.0 Å². The van der Waals surface area contributed by atoms with Crippen LogP contribution in [0.4, 0.5) is 5.69 Å². The van der Waals surface area contributed by atoms with Crippen LogP contribution in [0.5, 0.6) is 5.75 Å². The van der Waals surface area contributed by atoms with Gasteiger partial charge in [-0.25, -0.2) is 0 Å². The molecule has 0 spiro atoms. The van der Waals surface area contributed by atoms with Gasteiger partial charge >= 0.3 is 0 Å². The minimum atomic E-state index is 0.172. The summed E-state index contributed by atoms with van der Waals surface area (Å²) in [5, 5.41) is 17.7. The van der Waals surface area contributed by atoms with Gasteiger partial charge in [0.2, 0.25) is 0 Å². The number of nitrogen functional groups attached to an aromatic ring is 1. The van der Waals surface area contributed by atoms with Crippen molar-refractivity contribution in [2.24, 2.45) is 0 Å². The highest BCUT2D eigenvalue weighted by Crippen LogP contribution is 2.23. The van der Waals surface area contributed by atoms with Gasteiger partial charge in [-0.05, 0) is 18.6 Å². The lowest BCUT2D eigenvalue weighted by molar-refractivity contribution is 0.468. The number of aromatic hydroxyl groups is 1. The van der Waals surface area contributed by atoms with Crippen LogP contribution >= 0.6 is 0 Å². The number of anilines is 1. The largest absolute Gasteiger partial charge is 0.508 e. The third-order valence-electron chi connectivity index (χ3n) is 1.67. The summed E-state index contributed by atoms with van der Waals surface area (Å²) in [5.74, 6) is 0.172. The van der Waals surface area contributed by atoms with Crippen LogP contribution in [0, 0.1) is 11.3 Å². The Hall–Kier alpha value is -1.69. The molecule has 3 N–H and O–H groups in total. The monoisotopic (exact) mass is 162 g/mol. The van der Waals surface area contributed by atoms with Gasteiger partial charge in [0.25, 0.3) is 0 Å². The number of nitrogens with two attached hydrogens (primary N) is 1. The van der Waals surface area contributed by atoms with Crippen molar-refractivity contribution in [3.8, 4) is 11.8 Å². The number of nitrogens with zero attached hydrogens (tertiary/aromatic N) is 1. The molecule has 3 nitrogen and oxygen atoms in total. The number of hydrogen-bond donors (Lipinski definition) is 2. The molecule has 0 unspecified atom stereocenters. The highest BCUT2D eigenvalue weighted by Gasteiger charge is 2.03. The normalized spacial score (nSPS) is 9.25. The van der Waals surface area contributed by atoms with Gasteiger partial charge in [-0.2, -0.15) is 5.26 Å². The molecule has 62 valence electrons. The minimum absolute atomic E-state index is 0.172. The SMILES string of the molecule is N#CCCc1c(N)cccc1O. The number of rotatable bonds is 2. The molecule has 0 aromatic heterocycles. The second-order valence-electron chi connectivity index (χ2n) is 2.50. The molecule has 3 heteroatoms. The second kappa shape index (κ2) is 3.63. The fourth-order valence-corrected chi connectivity index (χ4v) is 1.05. The summed E-state index contributed by atoms with van der Waals surface area (Å²) < 4.78 is 0. The smallest absolute Gasteiger partial charge is 0.120 e. The lowest BCUT2D eigenvalue weighted by Crippen LogP contribution is -1.93. The van der Waals surface area contributed by atoms with Gasteiger partial charge in [0.1, 0.15) is 5.75 Å². The van der Waals surface area contributed by atoms with Crippen LogP contribution in [-0.4, -0.2) is 5.11 Å². The van der Waals surface area contributed by atoms with Crippen molar-refractivity contribution in [3.63, 3.8) is 0 Å². The van der Waals surface area contributed by atoms with Gasteiger partial charge in [-0.15, -0.1) is 0 Å². The highest BCUT2D eigenvalue weighted by atomic mass is 16.3. The van der Waals surface area contributed by atoms with Crippen LogP contribution in [0.3, 0.4) is 0 Å². The van der Waals surface area contributed by atoms with E-state index in [1.54, 1.807) is 18.2 Å². The van der Waals surface area contributed by atoms with Crippen molar-refractivity contribution in [1.29, 1.82) is 5.26 Å². The fraction of sp³-hybridized carbons (Fsp3) is 0.222. The average Bonchev–Trinajstić information content (AvgIpc) is 2.04. The molecule has 0 radical (unpaired) electrons. The molecule has 0 saturated heterocycles. The molecule has 1 aromatic carbocycles. The molecule has 0 heterocycles. The van der Waals surface area contributed by atoms with Gasteiger partial charge < -0.3 is 10.8 Å². The predicted molar refractivity (Wildman–Crippen MR) is 46.5 cm³/mol. The van der Waals surface area contributed by atoms with Crippen LogP contribution < -0.4 is 5.73 Å². The van der Waals surface area contributed by atoms with Gasteiger partial charge in [0.15, 0.2) is 0 Å². The van der Waals surface area contributed by atoms with E-state index in [1.807, 2.05) is 6.07 Å². The van der Waals surface area contributed by atoms with Crippen LogP contribution in [0.25, 0.3) is 0 Å². The van der Waals surface area contributed by atoms with Crippen LogP contribution in [-0.2, 0) is 6.42 Å². The maximum absolute atomic E-state index is 9.33. The number of benzene rings is 1. The molecule has 0 fully saturated rings. The summed E-state index contributed by atoms with van der Waals surface area (Å²) in [7, 11) is 0. The molecule has 0 atom stereocenters. The Bertz CT molecular complexity index is 295. The van der Waals surface area contributed by atoms with Gasteiger partial charge in [-0.3, -0.25) is 0 Å². The summed E-state index contributed by atoms with van der Waals surface area (Å²) >= 11 is 0. The van der Waals surface area contributed by atoms with E-state index in [9.17, 15) is 5.11 Å². The van der Waals surface area contributed by atoms with E-state index in [0.29, 0.717) is 24.1 Å². The maximum Gasteiger partial charge on any atom is 0.120 e. The number of hydrogen-bond acceptors (Lipinski definition) is 3. The Kier molecular flexibility index (Phi) is 2.54. The van der Waals surface area contributed by atoms with Crippen LogP contribution in [0.15, 0.2) is 18.2 Å². The van der Waals surface area contributed by atoms with E-state index >= 15 is 0 Å². The highest BCUT2D eigenvalue weighted by molar-refractivity contribution is 5.53. The molecule has 0 aliphatic carbocycles. The van der Waals surface area contributed by atoms with E-state index < -0.39 is 0 Å². The number of nitriles is 1. The number of phenolic OH excluding ortho intramolecular Hbond substituents is 1. The predicted octanol–water partition coefficient (Wildman–Crippen LogP) is 1.43. The molecule has 12 heavy (non-hydrogen) atoms. The maximum atomic E-state index is 9.33. The zero-order valence-corrected chi connectivity index (χ0v) is 6.62. The Morgan fingerprint density at radius 2 is 2.25 bits per heavy atom. The number of phenols is 1. The molecule has 0 aliphatic rings. The molecule has 1 rings (SSSR count). The fourth-order valence-electron chi connectivity index (χ4n) is 1.05. The Balaban J connectivity index is 2.90. The lowest BCUT2D eigenvalue weighted by Gasteiger charge is -2.04. The molecule has 0 aliphatic heterocycles. The molecule has 0 amide bonds. The molecule has 0 bridgehead atoms. The zero-order chi connectivity index (χ0) is 8.97. The van der Waals surface area contributed by atoms with E-state index in [0.717, 1.165) is 0 Å². The topological polar surface area (TPSA) is 70.0 Å². The average molecular weight is 162 g/mol. The first-order valence-corrected chi connectivity index (χ1v) is 3.69. The molecular weight excluding hydrogens is 152 g/mol. The van der Waals surface area contributed by atoms with Crippen molar-refractivity contribution in [2.75, 3.05) is 5.73 Å². The third kappa shape index (κ3) is 1.67. The lowest BCUT2D eigenvalue weighted by atomic mass is 10.1. The summed E-state index contributed by atoms with van der Waals surface area (Å²) in [4.78, 5) is 0. The van der Waals surface area contributed by atoms with E-state index in [-0.39, 0.29) is 5.75 Å². The summed E-state index contributed by atoms with van der Waals surface area (Å²) in [5.41, 5.74) is 6.81. The Labute approximate surface area is 71.1 Å². The molecular formula is C9H10N2O. The Morgan fingerprint density at radius 1 is 1.50 bits per heavy atom. The quantitative estimate of drug-likeness (QED) is 0.646. The zero-order valence-electron chi connectivity index (χ0n) is 6.62. The van der Waals surface area contributed by atoms with Gasteiger partial charge in [0.05, 0.1) is 6.07 Å². The first-order valence-electron chi connectivity index (χ1n) is 3.69. The van der Waals surface area contributed by atoms with Crippen molar-refractivity contribution in [3.05, 3.63) is 23.8 Å². The first-order chi connectivity index (χ1) is 5.75.